The van der Waals surface area contributed by atoms with Crippen LogP contribution in [-0.2, 0) is 11.3 Å². The van der Waals surface area contributed by atoms with E-state index in [1.807, 2.05) is 25.1 Å². The standard InChI is InChI=1S/C16H27NO4/c1-5-20-15-10-13(11-17-8-9-19-4)6-7-14(15)21-12-16(2,3)18/h6-7,10,17-18H,5,8-9,11-12H2,1-4H3. The van der Waals surface area contributed by atoms with E-state index in [0.29, 0.717) is 24.7 Å². The molecule has 5 heteroatoms. The predicted octanol–water partition coefficient (Wildman–Crippen LogP) is 1.97. The van der Waals surface area contributed by atoms with Gasteiger partial charge in [0.1, 0.15) is 6.61 Å². The topological polar surface area (TPSA) is 60.0 Å². The van der Waals surface area contributed by atoms with Gasteiger partial charge >= 0.3 is 0 Å². The summed E-state index contributed by atoms with van der Waals surface area (Å²) in [6, 6.07) is 5.83. The molecule has 0 saturated carbocycles. The average molecular weight is 297 g/mol. The Labute approximate surface area is 127 Å². The minimum atomic E-state index is -0.871. The highest BCUT2D eigenvalue weighted by Crippen LogP contribution is 2.29. The maximum Gasteiger partial charge on any atom is 0.161 e. The Morgan fingerprint density at radius 3 is 2.57 bits per heavy atom. The van der Waals surface area contributed by atoms with Crippen molar-refractivity contribution in [3.05, 3.63) is 23.8 Å². The third-order valence-electron chi connectivity index (χ3n) is 2.70. The van der Waals surface area contributed by atoms with Crippen molar-refractivity contribution < 1.29 is 19.3 Å². The van der Waals surface area contributed by atoms with Crippen molar-refractivity contribution >= 4 is 0 Å². The van der Waals surface area contributed by atoms with Crippen molar-refractivity contribution in [3.8, 4) is 11.5 Å². The van der Waals surface area contributed by atoms with Crippen LogP contribution in [0.3, 0.4) is 0 Å². The minimum Gasteiger partial charge on any atom is -0.490 e. The molecular formula is C16H27NO4. The fraction of sp³-hybridized carbons (Fsp3) is 0.625. The summed E-state index contributed by atoms with van der Waals surface area (Å²) in [6.45, 7) is 8.38. The van der Waals surface area contributed by atoms with Crippen LogP contribution in [0.5, 0.6) is 11.5 Å². The van der Waals surface area contributed by atoms with Gasteiger partial charge in [0.05, 0.1) is 18.8 Å². The molecule has 120 valence electrons. The fourth-order valence-electron chi connectivity index (χ4n) is 1.71. The number of hydrogen-bond acceptors (Lipinski definition) is 5. The summed E-state index contributed by atoms with van der Waals surface area (Å²) in [5, 5.41) is 13.0. The summed E-state index contributed by atoms with van der Waals surface area (Å²) in [7, 11) is 1.68. The summed E-state index contributed by atoms with van der Waals surface area (Å²) in [5.41, 5.74) is 0.245. The molecule has 0 saturated heterocycles. The minimum absolute atomic E-state index is 0.221. The largest absolute Gasteiger partial charge is 0.490 e. The second-order valence-corrected chi connectivity index (χ2v) is 5.48. The van der Waals surface area contributed by atoms with E-state index in [-0.39, 0.29) is 6.61 Å². The van der Waals surface area contributed by atoms with E-state index in [1.54, 1.807) is 21.0 Å². The zero-order chi connectivity index (χ0) is 15.7. The lowest BCUT2D eigenvalue weighted by Crippen LogP contribution is -2.28. The number of rotatable bonds is 10. The van der Waals surface area contributed by atoms with Crippen molar-refractivity contribution in [2.24, 2.45) is 0 Å². The van der Waals surface area contributed by atoms with Crippen LogP contribution < -0.4 is 14.8 Å². The molecule has 0 atom stereocenters. The summed E-state index contributed by atoms with van der Waals surface area (Å²) >= 11 is 0. The van der Waals surface area contributed by atoms with Gasteiger partial charge in [-0.2, -0.15) is 0 Å². The van der Waals surface area contributed by atoms with Crippen molar-refractivity contribution in [2.45, 2.75) is 32.9 Å². The molecule has 0 fully saturated rings. The molecule has 0 unspecified atom stereocenters. The molecule has 2 N–H and O–H groups in total. The van der Waals surface area contributed by atoms with Gasteiger partial charge in [-0.25, -0.2) is 0 Å². The molecule has 0 aliphatic heterocycles. The van der Waals surface area contributed by atoms with Gasteiger partial charge in [0, 0.05) is 20.2 Å². The van der Waals surface area contributed by atoms with E-state index < -0.39 is 5.60 Å². The molecule has 0 spiro atoms. The first kappa shape index (κ1) is 17.8. The number of benzene rings is 1. The fourth-order valence-corrected chi connectivity index (χ4v) is 1.71. The number of nitrogens with one attached hydrogen (secondary N) is 1. The molecule has 0 aliphatic rings. The Hall–Kier alpha value is -1.30. The van der Waals surface area contributed by atoms with Gasteiger partial charge in [-0.05, 0) is 38.5 Å². The Balaban J connectivity index is 2.67. The van der Waals surface area contributed by atoms with Gasteiger partial charge in [-0.1, -0.05) is 6.07 Å². The molecular weight excluding hydrogens is 270 g/mol. The first-order valence-corrected chi connectivity index (χ1v) is 7.27. The van der Waals surface area contributed by atoms with Crippen LogP contribution in [0.4, 0.5) is 0 Å². The first-order valence-electron chi connectivity index (χ1n) is 7.27. The molecule has 0 radical (unpaired) electrons. The summed E-state index contributed by atoms with van der Waals surface area (Å²) < 4.78 is 16.2. The number of ether oxygens (including phenoxy) is 3. The van der Waals surface area contributed by atoms with Crippen LogP contribution in [0.15, 0.2) is 18.2 Å². The summed E-state index contributed by atoms with van der Waals surface area (Å²) in [5.74, 6) is 1.35. The average Bonchev–Trinajstić information content (AvgIpc) is 2.42. The van der Waals surface area contributed by atoms with Crippen molar-refractivity contribution in [1.82, 2.24) is 5.32 Å². The van der Waals surface area contributed by atoms with Crippen molar-refractivity contribution in [3.63, 3.8) is 0 Å². The van der Waals surface area contributed by atoms with E-state index >= 15 is 0 Å². The van der Waals surface area contributed by atoms with Crippen LogP contribution in [0.2, 0.25) is 0 Å². The summed E-state index contributed by atoms with van der Waals surface area (Å²) in [4.78, 5) is 0. The van der Waals surface area contributed by atoms with Gasteiger partial charge in [-0.15, -0.1) is 0 Å². The van der Waals surface area contributed by atoms with E-state index in [2.05, 4.69) is 5.32 Å². The molecule has 0 heterocycles. The van der Waals surface area contributed by atoms with Gasteiger partial charge in [0.15, 0.2) is 11.5 Å². The Bertz CT molecular complexity index is 415. The molecule has 5 nitrogen and oxygen atoms in total. The maximum absolute atomic E-state index is 9.73. The normalized spacial score (nSPS) is 11.5. The van der Waals surface area contributed by atoms with Gasteiger partial charge in [0.2, 0.25) is 0 Å². The van der Waals surface area contributed by atoms with Crippen molar-refractivity contribution in [1.29, 1.82) is 0 Å². The summed E-state index contributed by atoms with van der Waals surface area (Å²) in [6.07, 6.45) is 0. The molecule has 0 amide bonds. The second kappa shape index (κ2) is 8.87. The highest BCUT2D eigenvalue weighted by molar-refractivity contribution is 5.43. The number of hydrogen-bond donors (Lipinski definition) is 2. The number of aliphatic hydroxyl groups is 1. The lowest BCUT2D eigenvalue weighted by atomic mass is 10.1. The first-order chi connectivity index (χ1) is 9.96. The van der Waals surface area contributed by atoms with E-state index in [1.165, 1.54) is 0 Å². The van der Waals surface area contributed by atoms with Gasteiger partial charge in [0.25, 0.3) is 0 Å². The molecule has 0 aliphatic carbocycles. The smallest absolute Gasteiger partial charge is 0.161 e. The lowest BCUT2D eigenvalue weighted by molar-refractivity contribution is 0.0274. The monoisotopic (exact) mass is 297 g/mol. The molecule has 1 aromatic carbocycles. The Kier molecular flexibility index (Phi) is 7.50. The zero-order valence-corrected chi connectivity index (χ0v) is 13.4. The van der Waals surface area contributed by atoms with E-state index in [0.717, 1.165) is 18.7 Å². The second-order valence-electron chi connectivity index (χ2n) is 5.48. The molecule has 1 rings (SSSR count). The van der Waals surface area contributed by atoms with Crippen LogP contribution in [0.25, 0.3) is 0 Å². The number of methoxy groups -OCH3 is 1. The molecule has 1 aromatic rings. The molecule has 0 bridgehead atoms. The van der Waals surface area contributed by atoms with Crippen LogP contribution in [-0.4, -0.2) is 44.2 Å². The maximum atomic E-state index is 9.73. The van der Waals surface area contributed by atoms with Gasteiger partial charge < -0.3 is 24.6 Å². The lowest BCUT2D eigenvalue weighted by Gasteiger charge is -2.20. The third-order valence-corrected chi connectivity index (χ3v) is 2.70. The highest BCUT2D eigenvalue weighted by atomic mass is 16.5. The zero-order valence-electron chi connectivity index (χ0n) is 13.4. The molecule has 21 heavy (non-hydrogen) atoms. The SMILES string of the molecule is CCOc1cc(CNCCOC)ccc1OCC(C)(C)O. The quantitative estimate of drug-likeness (QED) is 0.647. The van der Waals surface area contributed by atoms with Crippen LogP contribution in [0.1, 0.15) is 26.3 Å². The van der Waals surface area contributed by atoms with Gasteiger partial charge in [-0.3, -0.25) is 0 Å². The Morgan fingerprint density at radius 1 is 1.19 bits per heavy atom. The van der Waals surface area contributed by atoms with E-state index in [4.69, 9.17) is 14.2 Å². The van der Waals surface area contributed by atoms with Crippen molar-refractivity contribution in [2.75, 3.05) is 33.5 Å². The Morgan fingerprint density at radius 2 is 1.95 bits per heavy atom. The predicted molar refractivity (Wildman–Crippen MR) is 83.0 cm³/mol. The van der Waals surface area contributed by atoms with Crippen LogP contribution >= 0.6 is 0 Å². The molecule has 0 aromatic heterocycles. The third kappa shape index (κ3) is 7.32. The highest BCUT2D eigenvalue weighted by Gasteiger charge is 2.15. The van der Waals surface area contributed by atoms with E-state index in [9.17, 15) is 5.11 Å². The van der Waals surface area contributed by atoms with Crippen LogP contribution in [0, 0.1) is 0 Å².